The maximum Gasteiger partial charge on any atom is 0.222 e. The number of hydrogen-bond donors (Lipinski definition) is 1. The van der Waals surface area contributed by atoms with Crippen LogP contribution in [0.1, 0.15) is 61.8 Å². The van der Waals surface area contributed by atoms with Crippen LogP contribution in [0.5, 0.6) is 0 Å². The molecule has 1 aliphatic heterocycles. The fourth-order valence-corrected chi connectivity index (χ4v) is 4.61. The molecule has 2 fully saturated rings. The Morgan fingerprint density at radius 1 is 1.14 bits per heavy atom. The number of carbonyl (C=O) groups is 1. The molecule has 0 bridgehead atoms. The van der Waals surface area contributed by atoms with Crippen LogP contribution in [0.3, 0.4) is 0 Å². The van der Waals surface area contributed by atoms with Crippen molar-refractivity contribution >= 4 is 5.91 Å². The highest BCUT2D eigenvalue weighted by Gasteiger charge is 2.32. The highest BCUT2D eigenvalue weighted by Crippen LogP contribution is 2.30. The van der Waals surface area contributed by atoms with Crippen LogP contribution in [0.25, 0.3) is 0 Å². The number of nitrogens with zero attached hydrogens (tertiary/aromatic N) is 4. The molecule has 2 aliphatic rings. The van der Waals surface area contributed by atoms with Crippen molar-refractivity contribution in [2.24, 2.45) is 5.92 Å². The lowest BCUT2D eigenvalue weighted by atomic mass is 10.0. The molecule has 0 radical (unpaired) electrons. The lowest BCUT2D eigenvalue weighted by Gasteiger charge is -2.30. The molecule has 1 N–H and O–H groups in total. The molecule has 1 aromatic heterocycles. The second kappa shape index (κ2) is 8.86. The van der Waals surface area contributed by atoms with Gasteiger partial charge in [0.1, 0.15) is 5.82 Å². The third kappa shape index (κ3) is 4.61. The molecular weight excluding hydrogens is 350 g/mol. The van der Waals surface area contributed by atoms with Gasteiger partial charge >= 0.3 is 0 Å². The SMILES string of the molecule is Cc1nc(C2CN(C(=O)CC3CCCC3)CCCN2Cc2ccccc2)n[nH]1. The van der Waals surface area contributed by atoms with Crippen molar-refractivity contribution < 1.29 is 4.79 Å². The van der Waals surface area contributed by atoms with E-state index in [4.69, 9.17) is 0 Å². The Kier molecular flexibility index (Phi) is 6.05. The summed E-state index contributed by atoms with van der Waals surface area (Å²) in [5, 5.41) is 7.44. The smallest absolute Gasteiger partial charge is 0.222 e. The molecule has 1 atom stereocenters. The molecule has 2 aromatic rings. The number of aromatic nitrogens is 3. The van der Waals surface area contributed by atoms with Gasteiger partial charge in [0.15, 0.2) is 5.82 Å². The molecular formula is C22H31N5O. The molecule has 2 heterocycles. The number of benzene rings is 1. The molecule has 1 aromatic carbocycles. The summed E-state index contributed by atoms with van der Waals surface area (Å²) in [6.45, 7) is 5.23. The number of carbonyl (C=O) groups excluding carboxylic acids is 1. The average Bonchev–Trinajstić information content (AvgIpc) is 3.31. The van der Waals surface area contributed by atoms with Gasteiger partial charge in [-0.15, -0.1) is 0 Å². The summed E-state index contributed by atoms with van der Waals surface area (Å²) in [4.78, 5) is 22.1. The van der Waals surface area contributed by atoms with Crippen LogP contribution in [0.4, 0.5) is 0 Å². The third-order valence-electron chi connectivity index (χ3n) is 6.14. The minimum absolute atomic E-state index is 0.0279. The van der Waals surface area contributed by atoms with Crippen LogP contribution in [0.2, 0.25) is 0 Å². The van der Waals surface area contributed by atoms with Gasteiger partial charge in [-0.3, -0.25) is 14.8 Å². The summed E-state index contributed by atoms with van der Waals surface area (Å²) in [6, 6.07) is 10.6. The monoisotopic (exact) mass is 381 g/mol. The van der Waals surface area contributed by atoms with Crippen molar-refractivity contribution in [2.75, 3.05) is 19.6 Å². The number of hydrogen-bond acceptors (Lipinski definition) is 4. The van der Waals surface area contributed by atoms with Crippen molar-refractivity contribution in [1.82, 2.24) is 25.0 Å². The molecule has 6 heteroatoms. The molecule has 1 amide bonds. The first-order valence-electron chi connectivity index (χ1n) is 10.6. The zero-order valence-electron chi connectivity index (χ0n) is 16.8. The predicted molar refractivity (Wildman–Crippen MR) is 108 cm³/mol. The van der Waals surface area contributed by atoms with Crippen LogP contribution in [0, 0.1) is 12.8 Å². The van der Waals surface area contributed by atoms with E-state index in [1.54, 1.807) is 0 Å². The van der Waals surface area contributed by atoms with E-state index in [0.29, 0.717) is 24.8 Å². The van der Waals surface area contributed by atoms with Gasteiger partial charge in [0.2, 0.25) is 5.91 Å². The third-order valence-corrected chi connectivity index (χ3v) is 6.14. The van der Waals surface area contributed by atoms with Crippen molar-refractivity contribution in [1.29, 1.82) is 0 Å². The topological polar surface area (TPSA) is 65.1 Å². The largest absolute Gasteiger partial charge is 0.341 e. The first-order valence-corrected chi connectivity index (χ1v) is 10.6. The van der Waals surface area contributed by atoms with Gasteiger partial charge in [-0.1, -0.05) is 43.2 Å². The summed E-state index contributed by atoms with van der Waals surface area (Å²) in [6.07, 6.45) is 6.68. The molecule has 150 valence electrons. The maximum atomic E-state index is 13.0. The molecule has 1 saturated heterocycles. The molecule has 1 saturated carbocycles. The second-order valence-electron chi connectivity index (χ2n) is 8.30. The van der Waals surface area contributed by atoms with Gasteiger partial charge in [-0.05, 0) is 37.7 Å². The van der Waals surface area contributed by atoms with Gasteiger partial charge in [-0.2, -0.15) is 5.10 Å². The lowest BCUT2D eigenvalue weighted by molar-refractivity contribution is -0.132. The van der Waals surface area contributed by atoms with Gasteiger partial charge in [0.05, 0.1) is 6.04 Å². The normalized spacial score (nSPS) is 21.8. The molecule has 1 aliphatic carbocycles. The molecule has 6 nitrogen and oxygen atoms in total. The Morgan fingerprint density at radius 2 is 1.93 bits per heavy atom. The number of rotatable bonds is 5. The van der Waals surface area contributed by atoms with Crippen molar-refractivity contribution in [3.8, 4) is 0 Å². The van der Waals surface area contributed by atoms with Gasteiger partial charge < -0.3 is 4.90 Å². The fourth-order valence-electron chi connectivity index (χ4n) is 4.61. The average molecular weight is 382 g/mol. The van der Waals surface area contributed by atoms with Crippen molar-refractivity contribution in [3.05, 3.63) is 47.5 Å². The lowest BCUT2D eigenvalue weighted by Crippen LogP contribution is -2.38. The van der Waals surface area contributed by atoms with E-state index in [9.17, 15) is 4.79 Å². The summed E-state index contributed by atoms with van der Waals surface area (Å²) in [5.74, 6) is 2.52. The van der Waals surface area contributed by atoms with E-state index in [1.807, 2.05) is 13.0 Å². The second-order valence-corrected chi connectivity index (χ2v) is 8.30. The summed E-state index contributed by atoms with van der Waals surface area (Å²) < 4.78 is 0. The van der Waals surface area contributed by atoms with Crippen LogP contribution in [-0.2, 0) is 11.3 Å². The van der Waals surface area contributed by atoms with E-state index in [2.05, 4.69) is 49.2 Å². The number of nitrogens with one attached hydrogen (secondary N) is 1. The Morgan fingerprint density at radius 3 is 2.64 bits per heavy atom. The van der Waals surface area contributed by atoms with Gasteiger partial charge in [0, 0.05) is 32.6 Å². The highest BCUT2D eigenvalue weighted by molar-refractivity contribution is 5.76. The summed E-state index contributed by atoms with van der Waals surface area (Å²) >= 11 is 0. The van der Waals surface area contributed by atoms with Crippen molar-refractivity contribution in [2.45, 2.75) is 58.0 Å². The minimum atomic E-state index is 0.0279. The quantitative estimate of drug-likeness (QED) is 0.861. The Labute approximate surface area is 167 Å². The standard InChI is InChI=1S/C22H31N5O/c1-17-23-22(25-24-17)20-16-27(21(28)14-18-8-5-6-9-18)13-7-12-26(20)15-19-10-3-2-4-11-19/h2-4,10-11,18,20H,5-9,12-16H2,1H3,(H,23,24,25). The van der Waals surface area contributed by atoms with E-state index in [-0.39, 0.29) is 6.04 Å². The van der Waals surface area contributed by atoms with E-state index >= 15 is 0 Å². The maximum absolute atomic E-state index is 13.0. The summed E-state index contributed by atoms with van der Waals surface area (Å²) in [7, 11) is 0. The van der Waals surface area contributed by atoms with Gasteiger partial charge in [0.25, 0.3) is 0 Å². The van der Waals surface area contributed by atoms with Crippen LogP contribution in [0.15, 0.2) is 30.3 Å². The van der Waals surface area contributed by atoms with E-state index in [0.717, 1.165) is 37.7 Å². The minimum Gasteiger partial charge on any atom is -0.341 e. The van der Waals surface area contributed by atoms with Crippen LogP contribution < -0.4 is 0 Å². The Bertz CT molecular complexity index is 768. The zero-order chi connectivity index (χ0) is 19.3. The van der Waals surface area contributed by atoms with E-state index < -0.39 is 0 Å². The first-order chi connectivity index (χ1) is 13.7. The predicted octanol–water partition coefficient (Wildman–Crippen LogP) is 3.47. The number of H-pyrrole nitrogens is 1. The molecule has 4 rings (SSSR count). The molecule has 1 unspecified atom stereocenters. The van der Waals surface area contributed by atoms with Crippen molar-refractivity contribution in [3.63, 3.8) is 0 Å². The molecule has 28 heavy (non-hydrogen) atoms. The zero-order valence-corrected chi connectivity index (χ0v) is 16.8. The van der Waals surface area contributed by atoms with E-state index in [1.165, 1.54) is 31.2 Å². The Hall–Kier alpha value is -2.21. The van der Waals surface area contributed by atoms with Crippen LogP contribution >= 0.6 is 0 Å². The number of aryl methyl sites for hydroxylation is 1. The summed E-state index contributed by atoms with van der Waals surface area (Å²) in [5.41, 5.74) is 1.28. The fraction of sp³-hybridized carbons (Fsp3) is 0.591. The highest BCUT2D eigenvalue weighted by atomic mass is 16.2. The number of amides is 1. The number of aromatic amines is 1. The van der Waals surface area contributed by atoms with Gasteiger partial charge in [-0.25, -0.2) is 4.98 Å². The molecule has 0 spiro atoms. The van der Waals surface area contributed by atoms with Crippen LogP contribution in [-0.4, -0.2) is 50.5 Å². The Balaban J connectivity index is 1.51. The first kappa shape index (κ1) is 19.1.